The summed E-state index contributed by atoms with van der Waals surface area (Å²) < 4.78 is 0. The normalized spacial score (nSPS) is 31.4. The molecular formula is C26H30ClN3O2. The molecule has 2 aromatic rings. The Morgan fingerprint density at radius 3 is 2.56 bits per heavy atom. The molecule has 6 rings (SSSR count). The number of aliphatic hydroxyl groups is 2. The third-order valence-electron chi connectivity index (χ3n) is 7.26. The van der Waals surface area contributed by atoms with Crippen molar-refractivity contribution in [3.8, 4) is 11.8 Å². The smallest absolute Gasteiger partial charge is 0.147 e. The third-order valence-corrected chi connectivity index (χ3v) is 7.54. The van der Waals surface area contributed by atoms with E-state index in [2.05, 4.69) is 33.8 Å². The zero-order valence-electron chi connectivity index (χ0n) is 18.5. The molecule has 6 heteroatoms. The Hall–Kier alpha value is -2.10. The Morgan fingerprint density at radius 1 is 1.19 bits per heavy atom. The van der Waals surface area contributed by atoms with Crippen molar-refractivity contribution < 1.29 is 10.2 Å². The lowest BCUT2D eigenvalue weighted by Gasteiger charge is -2.47. The highest BCUT2D eigenvalue weighted by Crippen LogP contribution is 2.36. The number of β-amino-alcohol motifs (C(OH)–C–C–N with tert-alkyl or cyclic N) is 1. The monoisotopic (exact) mass is 451 g/mol. The molecule has 3 atom stereocenters. The van der Waals surface area contributed by atoms with Gasteiger partial charge in [-0.05, 0) is 37.6 Å². The second-order valence-corrected chi connectivity index (χ2v) is 10.0. The molecule has 2 N–H and O–H groups in total. The molecule has 1 aromatic heterocycles. The van der Waals surface area contributed by atoms with Crippen LogP contribution < -0.4 is 4.90 Å². The minimum absolute atomic E-state index is 0.177. The van der Waals surface area contributed by atoms with Gasteiger partial charge >= 0.3 is 0 Å². The fraction of sp³-hybridized carbons (Fsp3) is 0.500. The van der Waals surface area contributed by atoms with Crippen molar-refractivity contribution in [2.75, 3.05) is 37.6 Å². The van der Waals surface area contributed by atoms with E-state index in [-0.39, 0.29) is 17.9 Å². The van der Waals surface area contributed by atoms with Crippen molar-refractivity contribution in [1.29, 1.82) is 0 Å². The molecule has 4 saturated heterocycles. The molecule has 32 heavy (non-hydrogen) atoms. The number of rotatable bonds is 3. The summed E-state index contributed by atoms with van der Waals surface area (Å²) in [5.41, 5.74) is 1.79. The van der Waals surface area contributed by atoms with Gasteiger partial charge in [0.05, 0.1) is 16.8 Å². The van der Waals surface area contributed by atoms with E-state index in [1.807, 2.05) is 31.2 Å². The van der Waals surface area contributed by atoms with E-state index in [4.69, 9.17) is 16.6 Å². The quantitative estimate of drug-likeness (QED) is 0.702. The van der Waals surface area contributed by atoms with Crippen molar-refractivity contribution in [3.05, 3.63) is 58.2 Å². The van der Waals surface area contributed by atoms with Gasteiger partial charge in [-0.2, -0.15) is 0 Å². The van der Waals surface area contributed by atoms with Gasteiger partial charge in [-0.15, -0.1) is 0 Å². The van der Waals surface area contributed by atoms with Crippen LogP contribution in [0, 0.1) is 23.7 Å². The van der Waals surface area contributed by atoms with Crippen LogP contribution in [0.4, 0.5) is 5.82 Å². The van der Waals surface area contributed by atoms with E-state index in [0.29, 0.717) is 30.4 Å². The third kappa shape index (κ3) is 4.25. The van der Waals surface area contributed by atoms with Gasteiger partial charge in [-0.3, -0.25) is 4.90 Å². The number of anilines is 1. The minimum atomic E-state index is -0.972. The fourth-order valence-electron chi connectivity index (χ4n) is 5.25. The van der Waals surface area contributed by atoms with Gasteiger partial charge < -0.3 is 15.1 Å². The summed E-state index contributed by atoms with van der Waals surface area (Å²) in [6.07, 6.45) is 2.25. The summed E-state index contributed by atoms with van der Waals surface area (Å²) in [6, 6.07) is 12.1. The van der Waals surface area contributed by atoms with Crippen LogP contribution in [-0.4, -0.2) is 64.5 Å². The average Bonchev–Trinajstić information content (AvgIpc) is 3.13. The Morgan fingerprint density at radius 2 is 1.94 bits per heavy atom. The summed E-state index contributed by atoms with van der Waals surface area (Å²) in [4.78, 5) is 9.30. The van der Waals surface area contributed by atoms with Crippen LogP contribution >= 0.6 is 11.6 Å². The molecule has 5 heterocycles. The second kappa shape index (κ2) is 8.68. The number of halogens is 1. The lowest BCUT2D eigenvalue weighted by atomic mass is 9.75. The lowest BCUT2D eigenvalue weighted by molar-refractivity contribution is -0.0713. The number of benzene rings is 1. The largest absolute Gasteiger partial charge is 0.391 e. The number of aromatic nitrogens is 1. The lowest BCUT2D eigenvalue weighted by Crippen LogP contribution is -2.58. The maximum atomic E-state index is 11.3. The fourth-order valence-corrected chi connectivity index (χ4v) is 5.52. The average molecular weight is 452 g/mol. The Balaban J connectivity index is 1.51. The summed E-state index contributed by atoms with van der Waals surface area (Å²) in [7, 11) is 0. The standard InChI is InChI=1S/C26H30ClN3O2/c1-18-15-30(16-24(18)31)25-22(27)14-20(23(28-25)13-19-5-3-2-4-6-19)7-10-26(32)17-29-11-8-21(26)9-12-29/h2-6,14,18,21,24,31-32H,8-9,11-13,15-17H2,1H3/t18-,24-,26-/m1/s1. The van der Waals surface area contributed by atoms with Crippen molar-refractivity contribution in [2.24, 2.45) is 11.8 Å². The first-order valence-electron chi connectivity index (χ1n) is 11.6. The maximum absolute atomic E-state index is 11.3. The Labute approximate surface area is 195 Å². The van der Waals surface area contributed by atoms with Crippen molar-refractivity contribution >= 4 is 17.4 Å². The van der Waals surface area contributed by atoms with Crippen molar-refractivity contribution in [3.63, 3.8) is 0 Å². The second-order valence-electron chi connectivity index (χ2n) is 9.62. The van der Waals surface area contributed by atoms with Crippen LogP contribution in [-0.2, 0) is 6.42 Å². The summed E-state index contributed by atoms with van der Waals surface area (Å²) in [5, 5.41) is 22.0. The molecule has 0 radical (unpaired) electrons. The number of hydrogen-bond donors (Lipinski definition) is 2. The first-order chi connectivity index (χ1) is 15.4. The van der Waals surface area contributed by atoms with Crippen LogP contribution in [0.5, 0.6) is 0 Å². The van der Waals surface area contributed by atoms with Gasteiger partial charge in [0, 0.05) is 43.5 Å². The summed E-state index contributed by atoms with van der Waals surface area (Å²) in [6.45, 7) is 6.01. The number of aliphatic hydroxyl groups excluding tert-OH is 1. The highest BCUT2D eigenvalue weighted by Gasteiger charge is 2.44. The molecule has 5 nitrogen and oxygen atoms in total. The Kier molecular flexibility index (Phi) is 5.90. The van der Waals surface area contributed by atoms with E-state index in [0.717, 1.165) is 49.3 Å². The highest BCUT2D eigenvalue weighted by atomic mass is 35.5. The Bertz CT molecular complexity index is 1030. The van der Waals surface area contributed by atoms with Crippen molar-refractivity contribution in [1.82, 2.24) is 9.88 Å². The summed E-state index contributed by atoms with van der Waals surface area (Å²) in [5.74, 6) is 7.59. The molecular weight excluding hydrogens is 422 g/mol. The minimum Gasteiger partial charge on any atom is -0.391 e. The molecule has 0 saturated carbocycles. The SMILES string of the molecule is C[C@@H]1CN(c2nc(Cc3ccccc3)c(C#C[C@@]3(O)CN4CCC3CC4)cc2Cl)C[C@H]1O. The molecule has 4 aliphatic heterocycles. The highest BCUT2D eigenvalue weighted by molar-refractivity contribution is 6.33. The van der Waals surface area contributed by atoms with Crippen LogP contribution in [0.2, 0.25) is 5.02 Å². The predicted octanol–water partition coefficient (Wildman–Crippen LogP) is 2.95. The molecule has 1 aromatic carbocycles. The first-order valence-corrected chi connectivity index (χ1v) is 11.9. The zero-order valence-corrected chi connectivity index (χ0v) is 19.2. The van der Waals surface area contributed by atoms with E-state index < -0.39 is 5.60 Å². The number of nitrogens with zero attached hydrogens (tertiary/aromatic N) is 3. The van der Waals surface area contributed by atoms with Gasteiger partial charge in [0.2, 0.25) is 0 Å². The number of fused-ring (bicyclic) bond motifs is 3. The van der Waals surface area contributed by atoms with Gasteiger partial charge in [-0.25, -0.2) is 4.98 Å². The molecule has 0 spiro atoms. The molecule has 0 amide bonds. The predicted molar refractivity (Wildman–Crippen MR) is 127 cm³/mol. The van der Waals surface area contributed by atoms with Gasteiger partial charge in [0.1, 0.15) is 11.4 Å². The first kappa shape index (κ1) is 21.7. The number of pyridine rings is 1. The molecule has 4 fully saturated rings. The molecule has 4 aliphatic rings. The number of piperidine rings is 3. The van der Waals surface area contributed by atoms with Crippen LogP contribution in [0.15, 0.2) is 36.4 Å². The van der Waals surface area contributed by atoms with E-state index >= 15 is 0 Å². The van der Waals surface area contributed by atoms with Gasteiger partial charge in [0.25, 0.3) is 0 Å². The maximum Gasteiger partial charge on any atom is 0.147 e. The van der Waals surface area contributed by atoms with E-state index in [9.17, 15) is 10.2 Å². The molecule has 2 bridgehead atoms. The van der Waals surface area contributed by atoms with E-state index in [1.54, 1.807) is 0 Å². The van der Waals surface area contributed by atoms with Crippen LogP contribution in [0.1, 0.15) is 36.6 Å². The van der Waals surface area contributed by atoms with E-state index in [1.165, 1.54) is 0 Å². The van der Waals surface area contributed by atoms with Crippen molar-refractivity contribution in [2.45, 2.75) is 37.9 Å². The molecule has 0 aliphatic carbocycles. The molecule has 168 valence electrons. The van der Waals surface area contributed by atoms with Gasteiger partial charge in [0.15, 0.2) is 0 Å². The molecule has 0 unspecified atom stereocenters. The van der Waals surface area contributed by atoms with Gasteiger partial charge in [-0.1, -0.05) is 60.7 Å². The van der Waals surface area contributed by atoms with Crippen LogP contribution in [0.25, 0.3) is 0 Å². The zero-order chi connectivity index (χ0) is 22.3. The van der Waals surface area contributed by atoms with Crippen LogP contribution in [0.3, 0.4) is 0 Å². The number of hydrogen-bond acceptors (Lipinski definition) is 5. The topological polar surface area (TPSA) is 59.8 Å². The summed E-state index contributed by atoms with van der Waals surface area (Å²) >= 11 is 6.67.